The smallest absolute Gasteiger partial charge is 0.183 e. The summed E-state index contributed by atoms with van der Waals surface area (Å²) in [5, 5.41) is 12.8. The minimum Gasteiger partial charge on any atom is -0.362 e. The first kappa shape index (κ1) is 57.2. The Labute approximate surface area is 446 Å². The van der Waals surface area contributed by atoms with Crippen molar-refractivity contribution in [2.45, 2.75) is 102 Å². The summed E-state index contributed by atoms with van der Waals surface area (Å²) in [7, 11) is 0. The van der Waals surface area contributed by atoms with E-state index < -0.39 is 0 Å². The van der Waals surface area contributed by atoms with Gasteiger partial charge in [-0.2, -0.15) is 0 Å². The maximum Gasteiger partial charge on any atom is 0.183 e. The van der Waals surface area contributed by atoms with Gasteiger partial charge in [-0.3, -0.25) is 15.0 Å². The molecule has 6 aromatic heterocycles. The van der Waals surface area contributed by atoms with Crippen LogP contribution in [0.2, 0.25) is 0 Å². The molecule has 0 aliphatic heterocycles. The highest BCUT2D eigenvalue weighted by atomic mass is 32.1. The average molecular weight is 1030 g/mol. The number of hydrogen-bond donors (Lipinski definition) is 3. The van der Waals surface area contributed by atoms with Crippen LogP contribution in [0.15, 0.2) is 128 Å². The molecule has 0 unspecified atom stereocenters. The number of nitrogens with one attached hydrogen (secondary N) is 3. The lowest BCUT2D eigenvalue weighted by Gasteiger charge is -2.12. The quantitative estimate of drug-likeness (QED) is 0.0924. The Morgan fingerprint density at radius 1 is 0.411 bits per heavy atom. The molecular formula is C60H72FN9S3. The van der Waals surface area contributed by atoms with E-state index in [0.29, 0.717) is 0 Å². The zero-order valence-electron chi connectivity index (χ0n) is 44.7. The van der Waals surface area contributed by atoms with Gasteiger partial charge in [0.25, 0.3) is 0 Å². The van der Waals surface area contributed by atoms with Crippen molar-refractivity contribution in [3.63, 3.8) is 0 Å². The molecule has 382 valence electrons. The number of hydrogen-bond acceptors (Lipinski definition) is 12. The van der Waals surface area contributed by atoms with Gasteiger partial charge in [-0.05, 0) is 131 Å². The Morgan fingerprint density at radius 2 is 0.795 bits per heavy atom. The summed E-state index contributed by atoms with van der Waals surface area (Å²) < 4.78 is 13.7. The largest absolute Gasteiger partial charge is 0.362 e. The van der Waals surface area contributed by atoms with Gasteiger partial charge in [0.15, 0.2) is 15.4 Å². The fourth-order valence-corrected chi connectivity index (χ4v) is 10.2. The molecular weight excluding hydrogens is 962 g/mol. The van der Waals surface area contributed by atoms with Crippen molar-refractivity contribution >= 4 is 49.4 Å². The lowest BCUT2D eigenvalue weighted by atomic mass is 9.96. The molecule has 0 atom stereocenters. The van der Waals surface area contributed by atoms with Gasteiger partial charge >= 0.3 is 0 Å². The molecule has 3 aromatic carbocycles. The van der Waals surface area contributed by atoms with E-state index in [2.05, 4.69) is 143 Å². The Bertz CT molecular complexity index is 2930. The monoisotopic (exact) mass is 1030 g/mol. The van der Waals surface area contributed by atoms with Gasteiger partial charge in [-0.15, -0.1) is 0 Å². The number of aryl methyl sites for hydroxylation is 5. The first-order valence-electron chi connectivity index (χ1n) is 25.4. The molecule has 9 nitrogen and oxygen atoms in total. The van der Waals surface area contributed by atoms with Crippen molar-refractivity contribution in [3.8, 4) is 65.1 Å². The summed E-state index contributed by atoms with van der Waals surface area (Å²) in [5.74, 6) is -0.253. The minimum absolute atomic E-state index is 0.253. The van der Waals surface area contributed by atoms with E-state index in [9.17, 15) is 4.39 Å². The summed E-state index contributed by atoms with van der Waals surface area (Å²) in [4.78, 5) is 30.5. The topological polar surface area (TPSA) is 113 Å². The highest BCUT2D eigenvalue weighted by Crippen LogP contribution is 2.40. The van der Waals surface area contributed by atoms with Crippen LogP contribution >= 0.6 is 34.0 Å². The first-order valence-corrected chi connectivity index (χ1v) is 27.9. The van der Waals surface area contributed by atoms with Crippen LogP contribution in [0.4, 0.5) is 19.8 Å². The van der Waals surface area contributed by atoms with Crippen molar-refractivity contribution in [2.24, 2.45) is 0 Å². The molecule has 73 heavy (non-hydrogen) atoms. The van der Waals surface area contributed by atoms with Crippen molar-refractivity contribution in [2.75, 3.05) is 35.6 Å². The molecule has 0 spiro atoms. The molecule has 0 amide bonds. The van der Waals surface area contributed by atoms with Crippen LogP contribution in [-0.2, 0) is 0 Å². The Kier molecular flexibility index (Phi) is 23.3. The molecule has 0 aliphatic rings. The molecule has 9 aromatic rings. The van der Waals surface area contributed by atoms with Gasteiger partial charge in [0.2, 0.25) is 0 Å². The van der Waals surface area contributed by atoms with E-state index in [1.807, 2.05) is 89.9 Å². The van der Waals surface area contributed by atoms with Crippen LogP contribution < -0.4 is 16.0 Å². The van der Waals surface area contributed by atoms with Crippen LogP contribution in [0.1, 0.15) is 95.5 Å². The lowest BCUT2D eigenvalue weighted by Crippen LogP contribution is -1.97. The fraction of sp³-hybridized carbons (Fsp3) is 0.300. The van der Waals surface area contributed by atoms with Crippen molar-refractivity contribution in [3.05, 3.63) is 162 Å². The third-order valence-corrected chi connectivity index (χ3v) is 14.1. The van der Waals surface area contributed by atoms with Crippen molar-refractivity contribution in [1.82, 2.24) is 29.9 Å². The van der Waals surface area contributed by atoms with Gasteiger partial charge < -0.3 is 16.0 Å². The normalized spacial score (nSPS) is 10.3. The van der Waals surface area contributed by atoms with Gasteiger partial charge in [-0.1, -0.05) is 124 Å². The van der Waals surface area contributed by atoms with Gasteiger partial charge in [0.1, 0.15) is 5.82 Å². The molecule has 9 rings (SSSR count). The van der Waals surface area contributed by atoms with Crippen molar-refractivity contribution < 1.29 is 4.39 Å². The molecule has 0 aliphatic carbocycles. The van der Waals surface area contributed by atoms with Crippen molar-refractivity contribution in [1.29, 1.82) is 0 Å². The number of rotatable bonds is 15. The maximum absolute atomic E-state index is 13.7. The second kappa shape index (κ2) is 29.7. The maximum atomic E-state index is 13.7. The predicted molar refractivity (Wildman–Crippen MR) is 315 cm³/mol. The number of thiazole rings is 3. The zero-order chi connectivity index (χ0) is 52.7. The second-order valence-corrected chi connectivity index (χ2v) is 19.7. The summed E-state index contributed by atoms with van der Waals surface area (Å²) >= 11 is 4.96. The zero-order valence-corrected chi connectivity index (χ0v) is 47.1. The van der Waals surface area contributed by atoms with Crippen LogP contribution in [0, 0.1) is 40.4 Å². The Balaban J connectivity index is 0.000000196. The van der Waals surface area contributed by atoms with Gasteiger partial charge in [0.05, 0.1) is 31.7 Å². The minimum atomic E-state index is -0.253. The van der Waals surface area contributed by atoms with Crippen LogP contribution in [0.25, 0.3) is 65.1 Å². The van der Waals surface area contributed by atoms with Gasteiger partial charge in [0, 0.05) is 90.2 Å². The SMILES string of the molecule is CC.CC.CCCNc1ncc(-c2cccnc2-c2c(C)cccc2C)s1.CCCNc1ncc(-c2cccnc2-c2cc(C)ccc2C)s1.CCCNc1ncc(-c2cccnc2-c2cc(F)ccc2C)s1. The predicted octanol–water partition coefficient (Wildman–Crippen LogP) is 17.8. The summed E-state index contributed by atoms with van der Waals surface area (Å²) in [6.45, 7) is 27.7. The first-order chi connectivity index (χ1) is 35.6. The third kappa shape index (κ3) is 15.7. The van der Waals surface area contributed by atoms with E-state index in [0.717, 1.165) is 114 Å². The number of nitrogens with zero attached hydrogens (tertiary/aromatic N) is 6. The van der Waals surface area contributed by atoms with E-state index in [-0.39, 0.29) is 5.82 Å². The number of anilines is 3. The molecule has 0 radical (unpaired) electrons. The summed E-state index contributed by atoms with van der Waals surface area (Å²) in [5.41, 5.74) is 15.3. The van der Waals surface area contributed by atoms with E-state index in [1.165, 1.54) is 39.4 Å². The van der Waals surface area contributed by atoms with Crippen LogP contribution in [0.3, 0.4) is 0 Å². The molecule has 0 fully saturated rings. The third-order valence-electron chi connectivity index (χ3n) is 11.1. The standard InChI is InChI=1S/2C19H21N3S.C18H18FN3S.2C2H6/c1-4-10-21-19-22-12-16(23-19)15-9-6-11-20-18(15)17-13(2)7-5-8-14(17)3;1-4-9-21-19-22-12-17(23-19)15-6-5-10-20-18(15)16-11-13(2)7-8-14(16)3;1-3-8-21-18-22-11-16(23-18)14-5-4-9-20-17(14)15-10-13(19)7-6-12(15)2;2*1-2/h5-9,11-12H,4,10H2,1-3H3,(H,21,22);5-8,10-12H,4,9H2,1-3H3,(H,21,22);4-7,9-11H,3,8H2,1-2H3,(H,21,22);2*1-2H3. The van der Waals surface area contributed by atoms with Crippen LogP contribution in [-0.4, -0.2) is 49.5 Å². The highest BCUT2D eigenvalue weighted by molar-refractivity contribution is 7.19. The molecule has 6 heterocycles. The Hall–Kier alpha value is -6.67. The number of benzene rings is 3. The van der Waals surface area contributed by atoms with Gasteiger partial charge in [-0.25, -0.2) is 19.3 Å². The second-order valence-electron chi connectivity index (χ2n) is 16.6. The molecule has 13 heteroatoms. The number of aromatic nitrogens is 6. The average Bonchev–Trinajstić information content (AvgIpc) is 4.23. The fourth-order valence-electron chi connectivity index (χ4n) is 7.61. The number of halogens is 1. The van der Waals surface area contributed by atoms with E-state index in [1.54, 1.807) is 52.3 Å². The number of pyridine rings is 3. The van der Waals surface area contributed by atoms with E-state index in [4.69, 9.17) is 0 Å². The molecule has 0 bridgehead atoms. The molecule has 0 saturated carbocycles. The molecule has 3 N–H and O–H groups in total. The lowest BCUT2D eigenvalue weighted by molar-refractivity contribution is 0.628. The van der Waals surface area contributed by atoms with Crippen LogP contribution in [0.5, 0.6) is 0 Å². The highest BCUT2D eigenvalue weighted by Gasteiger charge is 2.17. The van der Waals surface area contributed by atoms with E-state index >= 15 is 0 Å². The summed E-state index contributed by atoms with van der Waals surface area (Å²) in [6, 6.07) is 29.8. The molecule has 0 saturated heterocycles. The summed E-state index contributed by atoms with van der Waals surface area (Å²) in [6.07, 6.45) is 14.4. The Morgan fingerprint density at radius 3 is 1.22 bits per heavy atom.